The summed E-state index contributed by atoms with van der Waals surface area (Å²) in [4.78, 5) is 4.63. The molecule has 1 aliphatic heterocycles. The van der Waals surface area contributed by atoms with E-state index in [1.807, 2.05) is 0 Å². The molecule has 2 aromatic carbocycles. The minimum atomic E-state index is 0.599. The van der Waals surface area contributed by atoms with Gasteiger partial charge in [-0.2, -0.15) is 0 Å². The molecule has 0 unspecified atom stereocenters. The fourth-order valence-electron chi connectivity index (χ4n) is 2.73. The molecule has 0 saturated heterocycles. The highest BCUT2D eigenvalue weighted by Crippen LogP contribution is 2.20. The topological polar surface area (TPSA) is 32.5 Å². The second kappa shape index (κ2) is 7.14. The number of hydrogen-bond donors (Lipinski definition) is 1. The minimum absolute atomic E-state index is 0.599. The summed E-state index contributed by atoms with van der Waals surface area (Å²) in [5.41, 5.74) is 9.45. The van der Waals surface area contributed by atoms with Crippen molar-refractivity contribution in [3.8, 4) is 0 Å². The quantitative estimate of drug-likeness (QED) is 0.886. The molecule has 0 bridgehead atoms. The van der Waals surface area contributed by atoms with Gasteiger partial charge in [0.05, 0.1) is 6.67 Å². The highest BCUT2D eigenvalue weighted by molar-refractivity contribution is 5.51. The summed E-state index contributed by atoms with van der Waals surface area (Å²) in [6.07, 6.45) is 6.65. The average molecular weight is 293 g/mol. The lowest BCUT2D eigenvalue weighted by molar-refractivity contribution is 0.398. The van der Waals surface area contributed by atoms with Crippen molar-refractivity contribution in [1.29, 1.82) is 0 Å². The van der Waals surface area contributed by atoms with Gasteiger partial charge in [0.2, 0.25) is 0 Å². The zero-order valence-electron chi connectivity index (χ0n) is 12.9. The Morgan fingerprint density at radius 3 is 2.36 bits per heavy atom. The average Bonchev–Trinajstić information content (AvgIpc) is 3.05. The molecular formula is C19H23N3. The number of hydrogen-bond acceptors (Lipinski definition) is 3. The molecule has 0 saturated carbocycles. The zero-order chi connectivity index (χ0) is 15.2. The number of nitrogens with two attached hydrogens (primary N) is 1. The third-order valence-corrected chi connectivity index (χ3v) is 4.05. The molecule has 0 fully saturated rings. The van der Waals surface area contributed by atoms with Crippen LogP contribution in [-0.4, -0.2) is 18.1 Å². The normalized spacial score (nSPS) is 13.9. The molecule has 0 aliphatic carbocycles. The van der Waals surface area contributed by atoms with Crippen LogP contribution in [0.1, 0.15) is 17.5 Å². The third-order valence-electron chi connectivity index (χ3n) is 4.05. The second-order valence-corrected chi connectivity index (χ2v) is 5.68. The van der Waals surface area contributed by atoms with Gasteiger partial charge < -0.3 is 15.5 Å². The number of nitrogens with zero attached hydrogens (tertiary/aromatic N) is 2. The Hall–Kier alpha value is -2.26. The van der Waals surface area contributed by atoms with Crippen LogP contribution < -0.4 is 10.6 Å². The first-order valence-electron chi connectivity index (χ1n) is 7.87. The summed E-state index contributed by atoms with van der Waals surface area (Å²) in [6.45, 7) is 2.61. The van der Waals surface area contributed by atoms with Gasteiger partial charge in [0.15, 0.2) is 0 Å². The van der Waals surface area contributed by atoms with Crippen LogP contribution in [0, 0.1) is 0 Å². The molecule has 3 heteroatoms. The summed E-state index contributed by atoms with van der Waals surface area (Å²) in [5.74, 6) is 0. The van der Waals surface area contributed by atoms with Gasteiger partial charge >= 0.3 is 0 Å². The molecule has 0 radical (unpaired) electrons. The Balaban J connectivity index is 1.47. The summed E-state index contributed by atoms with van der Waals surface area (Å²) in [6, 6.07) is 19.2. The van der Waals surface area contributed by atoms with Crippen molar-refractivity contribution >= 4 is 5.69 Å². The van der Waals surface area contributed by atoms with Gasteiger partial charge in [0.1, 0.15) is 0 Å². The number of aryl methyl sites for hydroxylation is 1. The van der Waals surface area contributed by atoms with Crippen molar-refractivity contribution in [2.24, 2.45) is 5.73 Å². The van der Waals surface area contributed by atoms with Gasteiger partial charge in [-0.1, -0.05) is 42.5 Å². The first-order chi connectivity index (χ1) is 10.8. The SMILES string of the molecule is NCc1ccc(N2C=CN(CCCc3ccccc3)C2)cc1. The number of rotatable bonds is 6. The van der Waals surface area contributed by atoms with Crippen molar-refractivity contribution in [3.63, 3.8) is 0 Å². The zero-order valence-corrected chi connectivity index (χ0v) is 12.9. The van der Waals surface area contributed by atoms with Crippen molar-refractivity contribution in [1.82, 2.24) is 4.90 Å². The highest BCUT2D eigenvalue weighted by atomic mass is 15.3. The Morgan fingerprint density at radius 2 is 1.64 bits per heavy atom. The van der Waals surface area contributed by atoms with E-state index in [0.29, 0.717) is 6.54 Å². The number of benzene rings is 2. The molecule has 0 aromatic heterocycles. The van der Waals surface area contributed by atoms with Crippen LogP contribution in [-0.2, 0) is 13.0 Å². The first kappa shape index (κ1) is 14.7. The maximum atomic E-state index is 5.64. The van der Waals surface area contributed by atoms with Gasteiger partial charge in [-0.15, -0.1) is 0 Å². The van der Waals surface area contributed by atoms with E-state index in [-0.39, 0.29) is 0 Å². The van der Waals surface area contributed by atoms with Gasteiger partial charge in [0.25, 0.3) is 0 Å². The molecular weight excluding hydrogens is 270 g/mol. The largest absolute Gasteiger partial charge is 0.358 e. The summed E-state index contributed by atoms with van der Waals surface area (Å²) in [7, 11) is 0. The van der Waals surface area contributed by atoms with E-state index < -0.39 is 0 Å². The lowest BCUT2D eigenvalue weighted by Gasteiger charge is -2.21. The van der Waals surface area contributed by atoms with Crippen LogP contribution in [0.15, 0.2) is 67.0 Å². The van der Waals surface area contributed by atoms with Crippen LogP contribution in [0.25, 0.3) is 0 Å². The number of anilines is 1. The fourth-order valence-corrected chi connectivity index (χ4v) is 2.73. The van der Waals surface area contributed by atoms with Gasteiger partial charge in [-0.3, -0.25) is 0 Å². The highest BCUT2D eigenvalue weighted by Gasteiger charge is 2.13. The van der Waals surface area contributed by atoms with Crippen molar-refractivity contribution in [3.05, 3.63) is 78.1 Å². The Morgan fingerprint density at radius 1 is 0.864 bits per heavy atom. The molecule has 22 heavy (non-hydrogen) atoms. The lowest BCUT2D eigenvalue weighted by Crippen LogP contribution is -2.26. The van der Waals surface area contributed by atoms with E-state index in [4.69, 9.17) is 5.73 Å². The van der Waals surface area contributed by atoms with Crippen LogP contribution in [0.5, 0.6) is 0 Å². The van der Waals surface area contributed by atoms with E-state index in [2.05, 4.69) is 76.8 Å². The smallest absolute Gasteiger partial charge is 0.0941 e. The molecule has 0 atom stereocenters. The van der Waals surface area contributed by atoms with Crippen LogP contribution >= 0.6 is 0 Å². The van der Waals surface area contributed by atoms with Crippen molar-refractivity contribution < 1.29 is 0 Å². The maximum Gasteiger partial charge on any atom is 0.0941 e. The van der Waals surface area contributed by atoms with E-state index in [0.717, 1.165) is 19.6 Å². The lowest BCUT2D eigenvalue weighted by atomic mass is 10.1. The van der Waals surface area contributed by atoms with Gasteiger partial charge in [-0.25, -0.2) is 0 Å². The summed E-state index contributed by atoms with van der Waals surface area (Å²) >= 11 is 0. The molecule has 2 aromatic rings. The third kappa shape index (κ3) is 3.68. The van der Waals surface area contributed by atoms with Crippen molar-refractivity contribution in [2.75, 3.05) is 18.1 Å². The molecule has 1 heterocycles. The van der Waals surface area contributed by atoms with Crippen LogP contribution in [0.2, 0.25) is 0 Å². The molecule has 0 spiro atoms. The molecule has 114 valence electrons. The Labute approximate surface area is 132 Å². The predicted molar refractivity (Wildman–Crippen MR) is 92.3 cm³/mol. The Bertz CT molecular complexity index is 604. The standard InChI is InChI=1S/C19H23N3/c20-15-18-8-10-19(11-9-18)22-14-13-21(16-22)12-4-7-17-5-2-1-3-6-17/h1-3,5-6,8-11,13-14H,4,7,12,15-16,20H2. The Kier molecular flexibility index (Phi) is 4.76. The monoisotopic (exact) mass is 293 g/mol. The summed E-state index contributed by atoms with van der Waals surface area (Å²) < 4.78 is 0. The maximum absolute atomic E-state index is 5.64. The molecule has 1 aliphatic rings. The van der Waals surface area contributed by atoms with Crippen LogP contribution in [0.3, 0.4) is 0 Å². The summed E-state index contributed by atoms with van der Waals surface area (Å²) in [5, 5.41) is 0. The fraction of sp³-hybridized carbons (Fsp3) is 0.263. The van der Waals surface area contributed by atoms with E-state index >= 15 is 0 Å². The second-order valence-electron chi connectivity index (χ2n) is 5.68. The predicted octanol–water partition coefficient (Wildman–Crippen LogP) is 3.33. The van der Waals surface area contributed by atoms with E-state index in [9.17, 15) is 0 Å². The minimum Gasteiger partial charge on any atom is -0.358 e. The molecule has 3 nitrogen and oxygen atoms in total. The van der Waals surface area contributed by atoms with Crippen molar-refractivity contribution in [2.45, 2.75) is 19.4 Å². The van der Waals surface area contributed by atoms with Crippen LogP contribution in [0.4, 0.5) is 5.69 Å². The molecule has 3 rings (SSSR count). The van der Waals surface area contributed by atoms with Gasteiger partial charge in [0, 0.05) is 31.2 Å². The van der Waals surface area contributed by atoms with E-state index in [1.165, 1.54) is 23.2 Å². The molecule has 2 N–H and O–H groups in total. The van der Waals surface area contributed by atoms with E-state index in [1.54, 1.807) is 0 Å². The first-order valence-corrected chi connectivity index (χ1v) is 7.87. The van der Waals surface area contributed by atoms with Gasteiger partial charge in [-0.05, 0) is 36.1 Å². The molecule has 0 amide bonds.